The van der Waals surface area contributed by atoms with Gasteiger partial charge in [-0.25, -0.2) is 0 Å². The molecule has 110 valence electrons. The van der Waals surface area contributed by atoms with Crippen LogP contribution in [0.5, 0.6) is 11.5 Å². The number of aromatic hydroxyl groups is 1. The van der Waals surface area contributed by atoms with E-state index in [1.807, 2.05) is 6.92 Å². The van der Waals surface area contributed by atoms with Crippen molar-refractivity contribution < 1.29 is 14.6 Å². The summed E-state index contributed by atoms with van der Waals surface area (Å²) in [5, 5.41) is 12.5. The number of ether oxygens (including phenoxy) is 1. The van der Waals surface area contributed by atoms with Crippen molar-refractivity contribution in [1.82, 2.24) is 0 Å². The van der Waals surface area contributed by atoms with E-state index in [1.54, 1.807) is 42.5 Å². The van der Waals surface area contributed by atoms with E-state index in [4.69, 9.17) is 10.5 Å². The van der Waals surface area contributed by atoms with E-state index < -0.39 is 0 Å². The smallest absolute Gasteiger partial charge is 0.259 e. The largest absolute Gasteiger partial charge is 0.507 e. The molecule has 0 aromatic heterocycles. The lowest BCUT2D eigenvalue weighted by molar-refractivity contribution is 0.102. The lowest BCUT2D eigenvalue weighted by Gasteiger charge is -2.09. The van der Waals surface area contributed by atoms with Crippen molar-refractivity contribution >= 4 is 11.6 Å². The summed E-state index contributed by atoms with van der Waals surface area (Å²) in [6.45, 7) is 2.75. The molecule has 0 bridgehead atoms. The van der Waals surface area contributed by atoms with Gasteiger partial charge in [-0.15, -0.1) is 0 Å². The maximum atomic E-state index is 12.1. The molecule has 5 heteroatoms. The van der Waals surface area contributed by atoms with Crippen molar-refractivity contribution in [3.05, 3.63) is 53.6 Å². The molecule has 0 saturated heterocycles. The van der Waals surface area contributed by atoms with Crippen LogP contribution in [0.3, 0.4) is 0 Å². The van der Waals surface area contributed by atoms with Crippen LogP contribution in [0.4, 0.5) is 5.69 Å². The third kappa shape index (κ3) is 3.97. The Balaban J connectivity index is 2.05. The van der Waals surface area contributed by atoms with Crippen molar-refractivity contribution in [2.45, 2.75) is 6.92 Å². The quantitative estimate of drug-likeness (QED) is 0.787. The lowest BCUT2D eigenvalue weighted by Crippen LogP contribution is -2.12. The fourth-order valence-corrected chi connectivity index (χ4v) is 1.84. The van der Waals surface area contributed by atoms with Crippen LogP contribution in [-0.4, -0.2) is 24.2 Å². The predicted molar refractivity (Wildman–Crippen MR) is 81.8 cm³/mol. The second-order valence-corrected chi connectivity index (χ2v) is 4.64. The molecule has 0 unspecified atom stereocenters. The summed E-state index contributed by atoms with van der Waals surface area (Å²) in [6.07, 6.45) is 0. The van der Waals surface area contributed by atoms with Gasteiger partial charge in [-0.05, 0) is 48.9 Å². The molecule has 1 amide bonds. The van der Waals surface area contributed by atoms with Gasteiger partial charge in [0, 0.05) is 12.2 Å². The number of nitrogens with one attached hydrogen (secondary N) is 1. The maximum absolute atomic E-state index is 12.1. The SMILES string of the molecule is Cc1ccc(C(=O)Nc2ccc(OCCN)cc2)c(O)c1. The number of nitrogens with two attached hydrogens (primary N) is 1. The van der Waals surface area contributed by atoms with E-state index in [9.17, 15) is 9.90 Å². The molecule has 0 heterocycles. The van der Waals surface area contributed by atoms with Crippen LogP contribution in [0.2, 0.25) is 0 Å². The first-order valence-corrected chi connectivity index (χ1v) is 6.64. The number of amides is 1. The fraction of sp³-hybridized carbons (Fsp3) is 0.188. The Bertz CT molecular complexity index is 624. The van der Waals surface area contributed by atoms with Crippen LogP contribution in [0.1, 0.15) is 15.9 Å². The van der Waals surface area contributed by atoms with Crippen molar-refractivity contribution in [3.63, 3.8) is 0 Å². The Labute approximate surface area is 123 Å². The molecule has 2 aromatic rings. The topological polar surface area (TPSA) is 84.6 Å². The van der Waals surface area contributed by atoms with Crippen LogP contribution >= 0.6 is 0 Å². The van der Waals surface area contributed by atoms with Gasteiger partial charge >= 0.3 is 0 Å². The number of phenols is 1. The predicted octanol–water partition coefficient (Wildman–Crippen LogP) is 2.29. The number of aryl methyl sites for hydroxylation is 1. The molecule has 0 saturated carbocycles. The molecule has 0 radical (unpaired) electrons. The highest BCUT2D eigenvalue weighted by Crippen LogP contribution is 2.21. The van der Waals surface area contributed by atoms with Gasteiger partial charge in [0.2, 0.25) is 0 Å². The van der Waals surface area contributed by atoms with Crippen LogP contribution in [-0.2, 0) is 0 Å². The highest BCUT2D eigenvalue weighted by Gasteiger charge is 2.11. The zero-order valence-electron chi connectivity index (χ0n) is 11.8. The molecule has 5 nitrogen and oxygen atoms in total. The van der Waals surface area contributed by atoms with Crippen molar-refractivity contribution in [2.75, 3.05) is 18.5 Å². The summed E-state index contributed by atoms with van der Waals surface area (Å²) in [4.78, 5) is 12.1. The number of phenolic OH excluding ortho intramolecular Hbond substituents is 1. The van der Waals surface area contributed by atoms with Crippen LogP contribution in [0, 0.1) is 6.92 Å². The van der Waals surface area contributed by atoms with Gasteiger partial charge < -0.3 is 20.9 Å². The second kappa shape index (κ2) is 6.76. The van der Waals surface area contributed by atoms with Crippen molar-refractivity contribution in [2.24, 2.45) is 5.73 Å². The van der Waals surface area contributed by atoms with Crippen LogP contribution in [0.15, 0.2) is 42.5 Å². The number of anilines is 1. The third-order valence-electron chi connectivity index (χ3n) is 2.90. The Hall–Kier alpha value is -2.53. The van der Waals surface area contributed by atoms with Crippen molar-refractivity contribution in [3.8, 4) is 11.5 Å². The van der Waals surface area contributed by atoms with E-state index >= 15 is 0 Å². The number of carbonyl (C=O) groups excluding carboxylic acids is 1. The molecule has 0 spiro atoms. The zero-order valence-corrected chi connectivity index (χ0v) is 11.8. The van der Waals surface area contributed by atoms with E-state index in [0.717, 1.165) is 5.56 Å². The summed E-state index contributed by atoms with van der Waals surface area (Å²) in [5.41, 5.74) is 7.11. The molecule has 2 rings (SSSR count). The molecule has 0 aliphatic carbocycles. The maximum Gasteiger partial charge on any atom is 0.259 e. The second-order valence-electron chi connectivity index (χ2n) is 4.64. The highest BCUT2D eigenvalue weighted by molar-refractivity contribution is 6.06. The third-order valence-corrected chi connectivity index (χ3v) is 2.90. The standard InChI is InChI=1S/C16H18N2O3/c1-11-2-7-14(15(19)10-11)16(20)18-12-3-5-13(6-4-12)21-9-8-17/h2-7,10,19H,8-9,17H2,1H3,(H,18,20). The summed E-state index contributed by atoms with van der Waals surface area (Å²) >= 11 is 0. The number of hydrogen-bond donors (Lipinski definition) is 3. The van der Waals surface area contributed by atoms with Gasteiger partial charge in [-0.2, -0.15) is 0 Å². The van der Waals surface area contributed by atoms with E-state index in [-0.39, 0.29) is 17.2 Å². The molecule has 0 atom stereocenters. The molecular formula is C16H18N2O3. The minimum absolute atomic E-state index is 0.0320. The number of carbonyl (C=O) groups is 1. The summed E-state index contributed by atoms with van der Waals surface area (Å²) in [6, 6.07) is 11.9. The Morgan fingerprint density at radius 3 is 2.57 bits per heavy atom. The average molecular weight is 286 g/mol. The monoisotopic (exact) mass is 286 g/mol. The zero-order chi connectivity index (χ0) is 15.2. The molecule has 0 aliphatic rings. The highest BCUT2D eigenvalue weighted by atomic mass is 16.5. The van der Waals surface area contributed by atoms with Crippen molar-refractivity contribution in [1.29, 1.82) is 0 Å². The summed E-state index contributed by atoms with van der Waals surface area (Å²) < 4.78 is 5.35. The van der Waals surface area contributed by atoms with Gasteiger partial charge in [-0.3, -0.25) is 4.79 Å². The average Bonchev–Trinajstić information content (AvgIpc) is 2.46. The summed E-state index contributed by atoms with van der Waals surface area (Å²) in [7, 11) is 0. The Morgan fingerprint density at radius 1 is 1.24 bits per heavy atom. The summed E-state index contributed by atoms with van der Waals surface area (Å²) in [5.74, 6) is 0.301. The minimum Gasteiger partial charge on any atom is -0.507 e. The first-order chi connectivity index (χ1) is 10.1. The number of rotatable bonds is 5. The normalized spacial score (nSPS) is 10.2. The fourth-order valence-electron chi connectivity index (χ4n) is 1.84. The Morgan fingerprint density at radius 2 is 1.95 bits per heavy atom. The molecule has 4 N–H and O–H groups in total. The molecule has 0 aliphatic heterocycles. The number of hydrogen-bond acceptors (Lipinski definition) is 4. The molecule has 2 aromatic carbocycles. The van der Waals surface area contributed by atoms with Gasteiger partial charge in [0.05, 0.1) is 5.56 Å². The van der Waals surface area contributed by atoms with Crippen LogP contribution in [0.25, 0.3) is 0 Å². The van der Waals surface area contributed by atoms with E-state index in [1.165, 1.54) is 0 Å². The number of benzene rings is 2. The first-order valence-electron chi connectivity index (χ1n) is 6.64. The van der Waals surface area contributed by atoms with Gasteiger partial charge in [0.1, 0.15) is 18.1 Å². The minimum atomic E-state index is -0.358. The van der Waals surface area contributed by atoms with Gasteiger partial charge in [-0.1, -0.05) is 6.07 Å². The van der Waals surface area contributed by atoms with E-state index in [0.29, 0.717) is 24.6 Å². The lowest BCUT2D eigenvalue weighted by atomic mass is 10.1. The first kappa shape index (κ1) is 14.9. The molecule has 0 fully saturated rings. The Kier molecular flexibility index (Phi) is 4.79. The van der Waals surface area contributed by atoms with Crippen LogP contribution < -0.4 is 15.8 Å². The molecular weight excluding hydrogens is 268 g/mol. The molecule has 21 heavy (non-hydrogen) atoms. The van der Waals surface area contributed by atoms with E-state index in [2.05, 4.69) is 5.32 Å². The van der Waals surface area contributed by atoms with Gasteiger partial charge in [0.25, 0.3) is 5.91 Å². The van der Waals surface area contributed by atoms with Gasteiger partial charge in [0.15, 0.2) is 0 Å².